The van der Waals surface area contributed by atoms with Gasteiger partial charge in [0.1, 0.15) is 0 Å². The molecular formula is C12H17N3O. The van der Waals surface area contributed by atoms with Gasteiger partial charge >= 0.3 is 0 Å². The van der Waals surface area contributed by atoms with E-state index in [0.717, 1.165) is 19.3 Å². The molecule has 0 atom stereocenters. The fraction of sp³-hybridized carbons (Fsp3) is 0.333. The summed E-state index contributed by atoms with van der Waals surface area (Å²) in [4.78, 5) is 11.5. The van der Waals surface area contributed by atoms with E-state index in [1.807, 2.05) is 0 Å². The summed E-state index contributed by atoms with van der Waals surface area (Å²) in [6, 6.07) is 6.73. The Hall–Kier alpha value is -1.84. The van der Waals surface area contributed by atoms with Gasteiger partial charge in [-0.05, 0) is 37.1 Å². The Balaban J connectivity index is 2.40. The second kappa shape index (κ2) is 6.61. The van der Waals surface area contributed by atoms with E-state index in [1.54, 1.807) is 30.5 Å². The maximum atomic E-state index is 11.5. The third-order valence-corrected chi connectivity index (χ3v) is 2.12. The molecule has 1 rings (SSSR count). The van der Waals surface area contributed by atoms with E-state index in [-0.39, 0.29) is 5.91 Å². The molecule has 0 bridgehead atoms. The van der Waals surface area contributed by atoms with Crippen LogP contribution in [-0.4, -0.2) is 12.1 Å². The van der Waals surface area contributed by atoms with Gasteiger partial charge in [0.15, 0.2) is 0 Å². The first-order valence-electron chi connectivity index (χ1n) is 5.41. The van der Waals surface area contributed by atoms with Crippen molar-refractivity contribution >= 4 is 17.8 Å². The first-order chi connectivity index (χ1) is 7.74. The number of carbonyl (C=O) groups excluding carboxylic acids is 1. The topological polar surface area (TPSA) is 67.5 Å². The highest BCUT2D eigenvalue weighted by atomic mass is 16.2. The van der Waals surface area contributed by atoms with Gasteiger partial charge in [0.2, 0.25) is 0 Å². The molecule has 0 saturated heterocycles. The fourth-order valence-corrected chi connectivity index (χ4v) is 1.16. The van der Waals surface area contributed by atoms with Gasteiger partial charge in [-0.15, -0.1) is 0 Å². The average Bonchev–Trinajstić information content (AvgIpc) is 2.29. The SMILES string of the molecule is CCCC/C=N\NC(=O)c1ccc(N)cc1. The van der Waals surface area contributed by atoms with Crippen LogP contribution in [0.25, 0.3) is 0 Å². The van der Waals surface area contributed by atoms with Crippen LogP contribution in [0.4, 0.5) is 5.69 Å². The predicted molar refractivity (Wildman–Crippen MR) is 66.3 cm³/mol. The summed E-state index contributed by atoms with van der Waals surface area (Å²) in [5.41, 5.74) is 9.19. The minimum absolute atomic E-state index is 0.215. The Morgan fingerprint density at radius 1 is 1.44 bits per heavy atom. The van der Waals surface area contributed by atoms with Crippen LogP contribution < -0.4 is 11.2 Å². The number of anilines is 1. The molecule has 4 heteroatoms. The van der Waals surface area contributed by atoms with E-state index < -0.39 is 0 Å². The van der Waals surface area contributed by atoms with E-state index in [0.29, 0.717) is 11.3 Å². The summed E-state index contributed by atoms with van der Waals surface area (Å²) >= 11 is 0. The third-order valence-electron chi connectivity index (χ3n) is 2.12. The lowest BCUT2D eigenvalue weighted by Crippen LogP contribution is -2.17. The number of unbranched alkanes of at least 4 members (excludes halogenated alkanes) is 2. The van der Waals surface area contributed by atoms with Gasteiger partial charge in [-0.1, -0.05) is 13.3 Å². The quantitative estimate of drug-likeness (QED) is 0.345. The van der Waals surface area contributed by atoms with E-state index in [9.17, 15) is 4.79 Å². The smallest absolute Gasteiger partial charge is 0.271 e. The Bertz CT molecular complexity index is 357. The molecule has 0 aliphatic heterocycles. The zero-order chi connectivity index (χ0) is 11.8. The highest BCUT2D eigenvalue weighted by Crippen LogP contribution is 2.04. The van der Waals surface area contributed by atoms with Gasteiger partial charge in [0.05, 0.1) is 0 Å². The minimum Gasteiger partial charge on any atom is -0.399 e. The largest absolute Gasteiger partial charge is 0.399 e. The van der Waals surface area contributed by atoms with Crippen molar-refractivity contribution in [1.82, 2.24) is 5.43 Å². The third kappa shape index (κ3) is 4.13. The van der Waals surface area contributed by atoms with Crippen molar-refractivity contribution in [2.24, 2.45) is 5.10 Å². The number of hydrazone groups is 1. The summed E-state index contributed by atoms with van der Waals surface area (Å²) in [5, 5.41) is 3.85. The van der Waals surface area contributed by atoms with Crippen molar-refractivity contribution in [3.63, 3.8) is 0 Å². The number of carbonyl (C=O) groups is 1. The summed E-state index contributed by atoms with van der Waals surface area (Å²) in [5.74, 6) is -0.215. The molecular weight excluding hydrogens is 202 g/mol. The Kier molecular flexibility index (Phi) is 5.05. The number of hydrogen-bond donors (Lipinski definition) is 2. The molecule has 4 nitrogen and oxygen atoms in total. The highest BCUT2D eigenvalue weighted by Gasteiger charge is 2.02. The van der Waals surface area contributed by atoms with Crippen LogP contribution in [0.2, 0.25) is 0 Å². The van der Waals surface area contributed by atoms with Crippen LogP contribution in [0.1, 0.15) is 36.5 Å². The number of benzene rings is 1. The molecule has 0 fully saturated rings. The van der Waals surface area contributed by atoms with Crippen LogP contribution >= 0.6 is 0 Å². The first-order valence-corrected chi connectivity index (χ1v) is 5.41. The summed E-state index contributed by atoms with van der Waals surface area (Å²) in [6.45, 7) is 2.11. The monoisotopic (exact) mass is 219 g/mol. The molecule has 0 aliphatic carbocycles. The molecule has 16 heavy (non-hydrogen) atoms. The van der Waals surface area contributed by atoms with Gasteiger partial charge in [0, 0.05) is 17.5 Å². The number of hydrogen-bond acceptors (Lipinski definition) is 3. The molecule has 0 spiro atoms. The van der Waals surface area contributed by atoms with Gasteiger partial charge < -0.3 is 5.73 Å². The van der Waals surface area contributed by atoms with Gasteiger partial charge in [0.25, 0.3) is 5.91 Å². The van der Waals surface area contributed by atoms with Crippen LogP contribution in [-0.2, 0) is 0 Å². The Labute approximate surface area is 95.5 Å². The van der Waals surface area contributed by atoms with Crippen molar-refractivity contribution in [3.05, 3.63) is 29.8 Å². The van der Waals surface area contributed by atoms with Crippen molar-refractivity contribution < 1.29 is 4.79 Å². The Morgan fingerprint density at radius 3 is 2.75 bits per heavy atom. The van der Waals surface area contributed by atoms with Crippen LogP contribution in [0.3, 0.4) is 0 Å². The zero-order valence-corrected chi connectivity index (χ0v) is 9.44. The number of rotatable bonds is 5. The van der Waals surface area contributed by atoms with Gasteiger partial charge in [-0.2, -0.15) is 5.10 Å². The van der Waals surface area contributed by atoms with Crippen LogP contribution in [0.5, 0.6) is 0 Å². The van der Waals surface area contributed by atoms with E-state index in [2.05, 4.69) is 17.5 Å². The van der Waals surface area contributed by atoms with E-state index in [4.69, 9.17) is 5.73 Å². The highest BCUT2D eigenvalue weighted by molar-refractivity contribution is 5.94. The fourth-order valence-electron chi connectivity index (χ4n) is 1.16. The summed E-state index contributed by atoms with van der Waals surface area (Å²) < 4.78 is 0. The second-order valence-corrected chi connectivity index (χ2v) is 3.52. The maximum absolute atomic E-state index is 11.5. The lowest BCUT2D eigenvalue weighted by atomic mass is 10.2. The standard InChI is InChI=1S/C12H17N3O/c1-2-3-4-9-14-15-12(16)10-5-7-11(13)8-6-10/h5-9H,2-4,13H2,1H3,(H,15,16)/b14-9-. The van der Waals surface area contributed by atoms with E-state index in [1.165, 1.54) is 0 Å². The summed E-state index contributed by atoms with van der Waals surface area (Å²) in [6.07, 6.45) is 4.82. The molecule has 0 aromatic heterocycles. The van der Waals surface area contributed by atoms with Gasteiger partial charge in [-0.3, -0.25) is 4.79 Å². The number of nitrogens with two attached hydrogens (primary N) is 1. The first kappa shape index (κ1) is 12.2. The molecule has 1 aromatic carbocycles. The van der Waals surface area contributed by atoms with Crippen molar-refractivity contribution in [2.45, 2.75) is 26.2 Å². The Morgan fingerprint density at radius 2 is 2.12 bits per heavy atom. The minimum atomic E-state index is -0.215. The van der Waals surface area contributed by atoms with Crippen LogP contribution in [0, 0.1) is 0 Å². The molecule has 0 aliphatic rings. The lowest BCUT2D eigenvalue weighted by molar-refractivity contribution is 0.0955. The normalized spacial score (nSPS) is 10.6. The average molecular weight is 219 g/mol. The molecule has 0 radical (unpaired) electrons. The van der Waals surface area contributed by atoms with Crippen molar-refractivity contribution in [1.29, 1.82) is 0 Å². The molecule has 0 saturated carbocycles. The number of nitrogens with one attached hydrogen (secondary N) is 1. The lowest BCUT2D eigenvalue weighted by Gasteiger charge is -1.99. The van der Waals surface area contributed by atoms with Gasteiger partial charge in [-0.25, -0.2) is 5.43 Å². The number of nitrogen functional groups attached to an aromatic ring is 1. The molecule has 3 N–H and O–H groups in total. The molecule has 1 amide bonds. The predicted octanol–water partition coefficient (Wildman–Crippen LogP) is 2.17. The van der Waals surface area contributed by atoms with Crippen molar-refractivity contribution in [3.8, 4) is 0 Å². The molecule has 0 heterocycles. The molecule has 86 valence electrons. The maximum Gasteiger partial charge on any atom is 0.271 e. The molecule has 0 unspecified atom stereocenters. The van der Waals surface area contributed by atoms with E-state index >= 15 is 0 Å². The number of amides is 1. The van der Waals surface area contributed by atoms with Crippen LogP contribution in [0.15, 0.2) is 29.4 Å². The number of nitrogens with zero attached hydrogens (tertiary/aromatic N) is 1. The van der Waals surface area contributed by atoms with Crippen molar-refractivity contribution in [2.75, 3.05) is 5.73 Å². The zero-order valence-electron chi connectivity index (χ0n) is 9.44. The molecule has 1 aromatic rings. The summed E-state index contributed by atoms with van der Waals surface area (Å²) in [7, 11) is 0. The second-order valence-electron chi connectivity index (χ2n) is 3.52.